The minimum atomic E-state index is -0.640. The number of azide groups is 1. The molecule has 0 aliphatic carbocycles. The van der Waals surface area contributed by atoms with E-state index in [0.717, 1.165) is 0 Å². The van der Waals surface area contributed by atoms with Crippen LogP contribution in [0, 0.1) is 0 Å². The Kier molecular flexibility index (Phi) is 4.50. The van der Waals surface area contributed by atoms with E-state index in [1.165, 1.54) is 0 Å². The molecular weight excluding hydrogens is 276 g/mol. The fourth-order valence-corrected chi connectivity index (χ4v) is 1.44. The number of carbonyl (C=O) groups excluding carboxylic acids is 2. The van der Waals surface area contributed by atoms with Crippen LogP contribution in [0.3, 0.4) is 0 Å². The van der Waals surface area contributed by atoms with Crippen LogP contribution in [0.25, 0.3) is 10.4 Å². The number of imide groups is 1. The topological polar surface area (TPSA) is 94.9 Å². The van der Waals surface area contributed by atoms with Crippen LogP contribution in [-0.4, -0.2) is 18.4 Å². The number of nitrogens with zero attached hydrogens (tertiary/aromatic N) is 3. The van der Waals surface area contributed by atoms with Gasteiger partial charge in [-0.25, -0.2) is 0 Å². The molecule has 0 saturated carbocycles. The molecule has 0 aromatic heterocycles. The van der Waals surface area contributed by atoms with Gasteiger partial charge in [0.2, 0.25) is 5.91 Å². The molecule has 6 nitrogen and oxygen atoms in total. The van der Waals surface area contributed by atoms with Crippen molar-refractivity contribution in [2.75, 3.05) is 6.54 Å². The molecule has 82 valence electrons. The van der Waals surface area contributed by atoms with Crippen LogP contribution in [0.2, 0.25) is 0 Å². The van der Waals surface area contributed by atoms with Crippen LogP contribution in [0.1, 0.15) is 10.4 Å². The highest BCUT2D eigenvalue weighted by atomic mass is 79.9. The predicted molar refractivity (Wildman–Crippen MR) is 60.6 cm³/mol. The maximum absolute atomic E-state index is 11.5. The number of benzene rings is 1. The number of hydrogen-bond donors (Lipinski definition) is 1. The lowest BCUT2D eigenvalue weighted by molar-refractivity contribution is -0.118. The van der Waals surface area contributed by atoms with Gasteiger partial charge in [0.1, 0.15) is 6.54 Å². The van der Waals surface area contributed by atoms with Crippen molar-refractivity contribution in [1.82, 2.24) is 5.32 Å². The first-order chi connectivity index (χ1) is 7.65. The van der Waals surface area contributed by atoms with Crippen molar-refractivity contribution in [2.24, 2.45) is 5.11 Å². The molecule has 1 aromatic carbocycles. The van der Waals surface area contributed by atoms with E-state index in [-0.39, 0.29) is 0 Å². The monoisotopic (exact) mass is 282 g/mol. The maximum atomic E-state index is 11.5. The van der Waals surface area contributed by atoms with Gasteiger partial charge < -0.3 is 0 Å². The summed E-state index contributed by atoms with van der Waals surface area (Å²) >= 11 is 3.19. The summed E-state index contributed by atoms with van der Waals surface area (Å²) in [5.41, 5.74) is 8.34. The van der Waals surface area contributed by atoms with E-state index >= 15 is 0 Å². The standard InChI is InChI=1S/C9H7BrN4O2/c10-7-4-2-1-3-6(7)9(16)13-8(15)5-12-14-11/h1-4H,5H2,(H,13,15,16). The molecule has 0 atom stereocenters. The largest absolute Gasteiger partial charge is 0.292 e. The quantitative estimate of drug-likeness (QED) is 0.521. The number of carbonyl (C=O) groups is 2. The second-order valence-corrected chi connectivity index (χ2v) is 3.60. The molecule has 0 heterocycles. The summed E-state index contributed by atoms with van der Waals surface area (Å²) in [5.74, 6) is -1.18. The summed E-state index contributed by atoms with van der Waals surface area (Å²) in [6.45, 7) is -0.396. The highest BCUT2D eigenvalue weighted by molar-refractivity contribution is 9.10. The molecule has 0 radical (unpaired) electrons. The summed E-state index contributed by atoms with van der Waals surface area (Å²) < 4.78 is 0.587. The molecule has 0 aliphatic rings. The zero-order chi connectivity index (χ0) is 12.0. The zero-order valence-corrected chi connectivity index (χ0v) is 9.64. The van der Waals surface area contributed by atoms with Crippen LogP contribution in [0.15, 0.2) is 33.9 Å². The average molecular weight is 283 g/mol. The van der Waals surface area contributed by atoms with E-state index in [4.69, 9.17) is 5.53 Å². The molecule has 1 rings (SSSR count). The fraction of sp³-hybridized carbons (Fsp3) is 0.111. The lowest BCUT2D eigenvalue weighted by Crippen LogP contribution is -2.32. The van der Waals surface area contributed by atoms with Crippen LogP contribution < -0.4 is 5.32 Å². The van der Waals surface area contributed by atoms with Crippen molar-refractivity contribution in [3.63, 3.8) is 0 Å². The van der Waals surface area contributed by atoms with Crippen LogP contribution in [0.5, 0.6) is 0 Å². The van der Waals surface area contributed by atoms with Gasteiger partial charge in [-0.15, -0.1) is 0 Å². The summed E-state index contributed by atoms with van der Waals surface area (Å²) in [6, 6.07) is 6.69. The Morgan fingerprint density at radius 3 is 2.75 bits per heavy atom. The van der Waals surface area contributed by atoms with E-state index in [2.05, 4.69) is 31.3 Å². The molecular formula is C9H7BrN4O2. The summed E-state index contributed by atoms with van der Waals surface area (Å²) in [7, 11) is 0. The Bertz CT molecular complexity index is 468. The first-order valence-corrected chi connectivity index (χ1v) is 5.04. The lowest BCUT2D eigenvalue weighted by atomic mass is 10.2. The number of rotatable bonds is 3. The van der Waals surface area contributed by atoms with Crippen LogP contribution >= 0.6 is 15.9 Å². The van der Waals surface area contributed by atoms with E-state index in [0.29, 0.717) is 10.0 Å². The Morgan fingerprint density at radius 1 is 1.44 bits per heavy atom. The second-order valence-electron chi connectivity index (χ2n) is 2.75. The Balaban J connectivity index is 2.69. The summed E-state index contributed by atoms with van der Waals surface area (Å²) in [4.78, 5) is 25.0. The van der Waals surface area contributed by atoms with Gasteiger partial charge in [0, 0.05) is 9.38 Å². The first-order valence-electron chi connectivity index (χ1n) is 4.24. The van der Waals surface area contributed by atoms with Gasteiger partial charge in [-0.05, 0) is 33.6 Å². The van der Waals surface area contributed by atoms with Gasteiger partial charge in [-0.2, -0.15) is 0 Å². The smallest absolute Gasteiger partial charge is 0.258 e. The van der Waals surface area contributed by atoms with Crippen molar-refractivity contribution in [3.05, 3.63) is 44.7 Å². The van der Waals surface area contributed by atoms with Crippen molar-refractivity contribution >= 4 is 27.7 Å². The Morgan fingerprint density at radius 2 is 2.12 bits per heavy atom. The highest BCUT2D eigenvalue weighted by Crippen LogP contribution is 2.15. The third-order valence-electron chi connectivity index (χ3n) is 1.65. The Labute approximate surface area is 99.4 Å². The number of hydrogen-bond acceptors (Lipinski definition) is 3. The molecule has 0 spiro atoms. The molecule has 0 fully saturated rings. The van der Waals surface area contributed by atoms with E-state index in [9.17, 15) is 9.59 Å². The average Bonchev–Trinajstić information content (AvgIpc) is 2.26. The van der Waals surface area contributed by atoms with Gasteiger partial charge in [0.15, 0.2) is 0 Å². The van der Waals surface area contributed by atoms with E-state index in [1.807, 2.05) is 0 Å². The van der Waals surface area contributed by atoms with Crippen LogP contribution in [0.4, 0.5) is 0 Å². The zero-order valence-electron chi connectivity index (χ0n) is 8.05. The van der Waals surface area contributed by atoms with Gasteiger partial charge in [-0.1, -0.05) is 17.2 Å². The minimum absolute atomic E-state index is 0.344. The molecule has 0 saturated heterocycles. The van der Waals surface area contributed by atoms with Crippen molar-refractivity contribution in [3.8, 4) is 0 Å². The predicted octanol–water partition coefficient (Wildman–Crippen LogP) is 2.02. The molecule has 2 amide bonds. The molecule has 1 aromatic rings. The van der Waals surface area contributed by atoms with Gasteiger partial charge >= 0.3 is 0 Å². The molecule has 0 unspecified atom stereocenters. The van der Waals surface area contributed by atoms with E-state index < -0.39 is 18.4 Å². The minimum Gasteiger partial charge on any atom is -0.292 e. The van der Waals surface area contributed by atoms with E-state index in [1.54, 1.807) is 24.3 Å². The molecule has 0 bridgehead atoms. The van der Waals surface area contributed by atoms with Gasteiger partial charge in [0.25, 0.3) is 5.91 Å². The normalized spacial score (nSPS) is 9.06. The second kappa shape index (κ2) is 5.89. The van der Waals surface area contributed by atoms with Crippen LogP contribution in [-0.2, 0) is 4.79 Å². The molecule has 1 N–H and O–H groups in total. The summed E-state index contributed by atoms with van der Waals surface area (Å²) in [6.07, 6.45) is 0. The third kappa shape index (κ3) is 3.38. The lowest BCUT2D eigenvalue weighted by Gasteiger charge is -2.03. The molecule has 16 heavy (non-hydrogen) atoms. The van der Waals surface area contributed by atoms with Gasteiger partial charge in [0.05, 0.1) is 5.56 Å². The SMILES string of the molecule is [N-]=[N+]=NCC(=O)NC(=O)c1ccccc1Br. The molecule has 0 aliphatic heterocycles. The third-order valence-corrected chi connectivity index (χ3v) is 2.34. The van der Waals surface area contributed by atoms with Gasteiger partial charge in [-0.3, -0.25) is 14.9 Å². The molecule has 7 heteroatoms. The maximum Gasteiger partial charge on any atom is 0.258 e. The summed E-state index contributed by atoms with van der Waals surface area (Å²) in [5, 5.41) is 5.14. The number of halogens is 1. The Hall–Kier alpha value is -1.85. The van der Waals surface area contributed by atoms with Crippen molar-refractivity contribution in [1.29, 1.82) is 0 Å². The fourth-order valence-electron chi connectivity index (χ4n) is 0.975. The number of amides is 2. The van der Waals surface area contributed by atoms with Crippen molar-refractivity contribution < 1.29 is 9.59 Å². The highest BCUT2D eigenvalue weighted by Gasteiger charge is 2.11. The number of nitrogens with one attached hydrogen (secondary N) is 1. The first kappa shape index (κ1) is 12.2. The van der Waals surface area contributed by atoms with Crippen molar-refractivity contribution in [2.45, 2.75) is 0 Å².